The number of carbonyl (C=O) groups excluding carboxylic acids is 3. The molecule has 0 atom stereocenters. The van der Waals surface area contributed by atoms with Crippen LogP contribution in [-0.4, -0.2) is 46.2 Å². The summed E-state index contributed by atoms with van der Waals surface area (Å²) in [7, 11) is -2.15. The number of rotatable bonds is 7. The average molecular weight is 565 g/mol. The van der Waals surface area contributed by atoms with E-state index in [1.165, 1.54) is 16.3 Å². The molecule has 40 heavy (non-hydrogen) atoms. The minimum absolute atomic E-state index is 0.143. The van der Waals surface area contributed by atoms with Crippen LogP contribution in [0.2, 0.25) is 0 Å². The molecule has 1 aliphatic heterocycles. The van der Waals surface area contributed by atoms with Gasteiger partial charge in [-0.25, -0.2) is 17.5 Å². The van der Waals surface area contributed by atoms with E-state index in [2.05, 4.69) is 10.6 Å². The quantitative estimate of drug-likeness (QED) is 0.425. The third-order valence-electron chi connectivity index (χ3n) is 6.38. The summed E-state index contributed by atoms with van der Waals surface area (Å²) < 4.78 is 32.0. The van der Waals surface area contributed by atoms with Crippen molar-refractivity contribution in [2.24, 2.45) is 0 Å². The van der Waals surface area contributed by atoms with Crippen LogP contribution >= 0.6 is 0 Å². The molecule has 0 unspecified atom stereocenters. The summed E-state index contributed by atoms with van der Waals surface area (Å²) in [6.07, 6.45) is 1.27. The zero-order valence-electron chi connectivity index (χ0n) is 23.0. The van der Waals surface area contributed by atoms with Gasteiger partial charge in [-0.2, -0.15) is 0 Å². The molecule has 1 heterocycles. The SMILES string of the molecule is COc1c(C(=O)Nc2ccc(N(c3ccccc3)S(C)(=O)=O)cc2)cc(N2CCC(=O)NC2=O)cc1C(C)(C)C. The molecule has 1 saturated heterocycles. The molecule has 1 aliphatic rings. The number of nitrogens with one attached hydrogen (secondary N) is 2. The first kappa shape index (κ1) is 28.6. The Morgan fingerprint density at radius 3 is 2.17 bits per heavy atom. The molecule has 0 aromatic heterocycles. The van der Waals surface area contributed by atoms with Crippen molar-refractivity contribution in [1.82, 2.24) is 5.32 Å². The molecule has 0 saturated carbocycles. The van der Waals surface area contributed by atoms with Crippen LogP contribution in [0.1, 0.15) is 43.1 Å². The van der Waals surface area contributed by atoms with E-state index >= 15 is 0 Å². The predicted octanol–water partition coefficient (Wildman–Crippen LogP) is 4.79. The number of amides is 4. The highest BCUT2D eigenvalue weighted by molar-refractivity contribution is 7.92. The lowest BCUT2D eigenvalue weighted by Crippen LogP contribution is -2.49. The minimum Gasteiger partial charge on any atom is -0.496 e. The summed E-state index contributed by atoms with van der Waals surface area (Å²) in [4.78, 5) is 39.2. The van der Waals surface area contributed by atoms with Crippen molar-refractivity contribution < 1.29 is 27.5 Å². The van der Waals surface area contributed by atoms with Gasteiger partial charge in [-0.1, -0.05) is 39.0 Å². The van der Waals surface area contributed by atoms with E-state index in [1.54, 1.807) is 66.7 Å². The molecule has 1 fully saturated rings. The molecule has 10 nitrogen and oxygen atoms in total. The smallest absolute Gasteiger partial charge is 0.328 e. The zero-order valence-corrected chi connectivity index (χ0v) is 23.8. The van der Waals surface area contributed by atoms with Gasteiger partial charge in [0.25, 0.3) is 5.91 Å². The van der Waals surface area contributed by atoms with Gasteiger partial charge in [-0.3, -0.25) is 19.8 Å². The molecule has 3 aromatic rings. The van der Waals surface area contributed by atoms with Gasteiger partial charge in [-0.05, 0) is 53.9 Å². The van der Waals surface area contributed by atoms with Crippen LogP contribution in [-0.2, 0) is 20.2 Å². The van der Waals surface area contributed by atoms with E-state index in [0.29, 0.717) is 34.1 Å². The second-order valence-corrected chi connectivity index (χ2v) is 12.3. The molecule has 3 aromatic carbocycles. The number of hydrogen-bond acceptors (Lipinski definition) is 6. The maximum atomic E-state index is 13.6. The number of sulfonamides is 1. The van der Waals surface area contributed by atoms with Crippen LogP contribution in [0.3, 0.4) is 0 Å². The van der Waals surface area contributed by atoms with Gasteiger partial charge < -0.3 is 10.1 Å². The minimum atomic E-state index is -3.63. The van der Waals surface area contributed by atoms with Crippen molar-refractivity contribution in [3.63, 3.8) is 0 Å². The van der Waals surface area contributed by atoms with Crippen molar-refractivity contribution >= 4 is 50.6 Å². The first-order valence-electron chi connectivity index (χ1n) is 12.6. The summed E-state index contributed by atoms with van der Waals surface area (Å²) in [6.45, 7) is 6.08. The fourth-order valence-electron chi connectivity index (χ4n) is 4.50. The molecule has 0 radical (unpaired) electrons. The lowest BCUT2D eigenvalue weighted by Gasteiger charge is -2.30. The first-order chi connectivity index (χ1) is 18.8. The molecular formula is C29H32N4O6S. The Morgan fingerprint density at radius 1 is 1.00 bits per heavy atom. The normalized spacial score (nSPS) is 14.0. The van der Waals surface area contributed by atoms with E-state index in [1.807, 2.05) is 20.8 Å². The number of hydrogen-bond donors (Lipinski definition) is 2. The van der Waals surface area contributed by atoms with E-state index in [9.17, 15) is 22.8 Å². The molecule has 4 amide bonds. The van der Waals surface area contributed by atoms with Crippen molar-refractivity contribution in [3.05, 3.63) is 77.9 Å². The van der Waals surface area contributed by atoms with Gasteiger partial charge in [0.1, 0.15) is 5.75 Å². The molecule has 4 rings (SSSR count). The van der Waals surface area contributed by atoms with Crippen molar-refractivity contribution in [2.75, 3.05) is 34.4 Å². The van der Waals surface area contributed by atoms with E-state index in [-0.39, 0.29) is 24.4 Å². The van der Waals surface area contributed by atoms with E-state index < -0.39 is 27.4 Å². The van der Waals surface area contributed by atoms with Gasteiger partial charge in [0.15, 0.2) is 0 Å². The second kappa shape index (κ2) is 11.0. The van der Waals surface area contributed by atoms with Gasteiger partial charge in [0.2, 0.25) is 15.9 Å². The van der Waals surface area contributed by atoms with Crippen LogP contribution in [0.5, 0.6) is 5.75 Å². The molecule has 2 N–H and O–H groups in total. The average Bonchev–Trinajstić information content (AvgIpc) is 2.88. The van der Waals surface area contributed by atoms with Crippen molar-refractivity contribution in [1.29, 1.82) is 0 Å². The fourth-order valence-corrected chi connectivity index (χ4v) is 5.51. The van der Waals surface area contributed by atoms with Crippen LogP contribution in [0.15, 0.2) is 66.7 Å². The van der Waals surface area contributed by atoms with Gasteiger partial charge in [-0.15, -0.1) is 0 Å². The van der Waals surface area contributed by atoms with Crippen molar-refractivity contribution in [3.8, 4) is 5.75 Å². The number of benzene rings is 3. The Bertz CT molecular complexity index is 1550. The molecule has 0 spiro atoms. The molecule has 0 bridgehead atoms. The molecular weight excluding hydrogens is 532 g/mol. The number of nitrogens with zero attached hydrogens (tertiary/aromatic N) is 2. The Kier molecular flexibility index (Phi) is 7.88. The number of carbonyl (C=O) groups is 3. The number of ether oxygens (including phenoxy) is 1. The molecule has 11 heteroatoms. The summed E-state index contributed by atoms with van der Waals surface area (Å²) >= 11 is 0. The molecule has 210 valence electrons. The number of anilines is 4. The standard InChI is InChI=1S/C29H32N4O6S/c1-29(2,3)24-18-22(32-16-15-25(34)31-28(32)36)17-23(26(24)39-4)27(35)30-19-11-13-21(14-12-19)33(40(5,37)38)20-9-7-6-8-10-20/h6-14,17-18H,15-16H2,1-5H3,(H,30,35)(H,31,34,36). The topological polar surface area (TPSA) is 125 Å². The number of methoxy groups -OCH3 is 1. The third-order valence-corrected chi connectivity index (χ3v) is 7.46. The van der Waals surface area contributed by atoms with Gasteiger partial charge in [0, 0.05) is 29.9 Å². The van der Waals surface area contributed by atoms with E-state index in [4.69, 9.17) is 4.74 Å². The largest absolute Gasteiger partial charge is 0.496 e. The fraction of sp³-hybridized carbons (Fsp3) is 0.276. The first-order valence-corrected chi connectivity index (χ1v) is 14.4. The highest BCUT2D eigenvalue weighted by Gasteiger charge is 2.30. The monoisotopic (exact) mass is 564 g/mol. The summed E-state index contributed by atoms with van der Waals surface area (Å²) in [6, 6.07) is 17.9. The maximum Gasteiger partial charge on any atom is 0.328 e. The van der Waals surface area contributed by atoms with Gasteiger partial charge in [0.05, 0.1) is 30.3 Å². The van der Waals surface area contributed by atoms with Crippen LogP contribution < -0.4 is 24.6 Å². The van der Waals surface area contributed by atoms with Gasteiger partial charge >= 0.3 is 6.03 Å². The van der Waals surface area contributed by atoms with E-state index in [0.717, 1.165) is 6.26 Å². The number of urea groups is 1. The van der Waals surface area contributed by atoms with Crippen molar-refractivity contribution in [2.45, 2.75) is 32.6 Å². The maximum absolute atomic E-state index is 13.6. The zero-order chi connectivity index (χ0) is 29.2. The lowest BCUT2D eigenvalue weighted by molar-refractivity contribution is -0.120. The Hall–Kier alpha value is -4.38. The molecule has 0 aliphatic carbocycles. The highest BCUT2D eigenvalue weighted by atomic mass is 32.2. The number of imide groups is 1. The third kappa shape index (κ3) is 6.09. The van der Waals surface area contributed by atoms with Crippen LogP contribution in [0.4, 0.5) is 27.5 Å². The predicted molar refractivity (Wildman–Crippen MR) is 155 cm³/mol. The summed E-state index contributed by atoms with van der Waals surface area (Å²) in [5.41, 5.74) is 2.27. The second-order valence-electron chi connectivity index (χ2n) is 10.4. The van der Waals surface area contributed by atoms with Crippen LogP contribution in [0.25, 0.3) is 0 Å². The van der Waals surface area contributed by atoms with Crippen LogP contribution in [0, 0.1) is 0 Å². The highest BCUT2D eigenvalue weighted by Crippen LogP contribution is 2.39. The summed E-state index contributed by atoms with van der Waals surface area (Å²) in [5, 5.41) is 5.15. The summed E-state index contributed by atoms with van der Waals surface area (Å²) in [5.74, 6) is -0.464. The Morgan fingerprint density at radius 2 is 1.62 bits per heavy atom. The Labute approximate surface area is 234 Å². The number of para-hydroxylation sites is 1. The Balaban J connectivity index is 1.69. The lowest BCUT2D eigenvalue weighted by atomic mass is 9.84.